The summed E-state index contributed by atoms with van der Waals surface area (Å²) in [6.45, 7) is 1.81. The van der Waals surface area contributed by atoms with Crippen LogP contribution in [0.1, 0.15) is 28.4 Å². The molecule has 2 rings (SSSR count). The van der Waals surface area contributed by atoms with Crippen molar-refractivity contribution in [1.82, 2.24) is 10.6 Å². The van der Waals surface area contributed by atoms with Crippen LogP contribution in [-0.2, 0) is 4.79 Å². The number of halogens is 1. The van der Waals surface area contributed by atoms with E-state index in [1.165, 1.54) is 6.07 Å². The van der Waals surface area contributed by atoms with Gasteiger partial charge in [-0.25, -0.2) is 0 Å². The number of hydrogen-bond acceptors (Lipinski definition) is 4. The Labute approximate surface area is 128 Å². The van der Waals surface area contributed by atoms with Gasteiger partial charge in [0.2, 0.25) is 5.91 Å². The standard InChI is InChI=1S/C13H13BrN2O3S/c1-8(10-3-2-6-20-10)16-12(17)7-15-13(18)9-4-5-11(14)19-9/h2-6,8H,7H2,1H3,(H,15,18)(H,16,17)/t8-/m1/s1. The lowest BCUT2D eigenvalue weighted by Crippen LogP contribution is -2.37. The van der Waals surface area contributed by atoms with Gasteiger partial charge in [0.15, 0.2) is 10.4 Å². The minimum absolute atomic E-state index is 0.0721. The van der Waals surface area contributed by atoms with Gasteiger partial charge in [0.25, 0.3) is 5.91 Å². The first-order valence-corrected chi connectivity index (χ1v) is 7.60. The summed E-state index contributed by atoms with van der Waals surface area (Å²) in [4.78, 5) is 24.5. The van der Waals surface area contributed by atoms with Gasteiger partial charge >= 0.3 is 0 Å². The molecule has 5 nitrogen and oxygen atoms in total. The Morgan fingerprint density at radius 3 is 2.80 bits per heavy atom. The predicted octanol–water partition coefficient (Wildman–Crippen LogP) is 2.71. The summed E-state index contributed by atoms with van der Waals surface area (Å²) in [5, 5.41) is 7.26. The fraction of sp³-hybridized carbons (Fsp3) is 0.231. The van der Waals surface area contributed by atoms with E-state index in [0.717, 1.165) is 4.88 Å². The van der Waals surface area contributed by atoms with E-state index >= 15 is 0 Å². The molecule has 2 aromatic rings. The highest BCUT2D eigenvalue weighted by Gasteiger charge is 2.14. The van der Waals surface area contributed by atoms with E-state index in [-0.39, 0.29) is 24.3 Å². The molecule has 20 heavy (non-hydrogen) atoms. The lowest BCUT2D eigenvalue weighted by molar-refractivity contribution is -0.120. The minimum Gasteiger partial charge on any atom is -0.444 e. The fourth-order valence-electron chi connectivity index (χ4n) is 1.59. The van der Waals surface area contributed by atoms with Crippen LogP contribution in [0.4, 0.5) is 0 Å². The topological polar surface area (TPSA) is 71.3 Å². The first-order valence-electron chi connectivity index (χ1n) is 5.92. The first-order chi connectivity index (χ1) is 9.56. The highest BCUT2D eigenvalue weighted by Crippen LogP contribution is 2.17. The molecule has 2 aromatic heterocycles. The molecule has 2 N–H and O–H groups in total. The van der Waals surface area contributed by atoms with Crippen LogP contribution in [0.15, 0.2) is 38.7 Å². The highest BCUT2D eigenvalue weighted by molar-refractivity contribution is 9.10. The molecule has 0 aromatic carbocycles. The number of hydrogen-bond donors (Lipinski definition) is 2. The molecule has 0 spiro atoms. The molecule has 0 unspecified atom stereocenters. The van der Waals surface area contributed by atoms with Crippen LogP contribution in [0.3, 0.4) is 0 Å². The lowest BCUT2D eigenvalue weighted by atomic mass is 10.3. The van der Waals surface area contributed by atoms with Crippen LogP contribution in [0.25, 0.3) is 0 Å². The van der Waals surface area contributed by atoms with E-state index in [0.29, 0.717) is 4.67 Å². The molecular formula is C13H13BrN2O3S. The summed E-state index contributed by atoms with van der Waals surface area (Å²) in [5.74, 6) is -0.504. The zero-order valence-electron chi connectivity index (χ0n) is 10.7. The van der Waals surface area contributed by atoms with Crippen molar-refractivity contribution in [1.29, 1.82) is 0 Å². The van der Waals surface area contributed by atoms with Crippen LogP contribution >= 0.6 is 27.3 Å². The summed E-state index contributed by atoms with van der Waals surface area (Å²) in [7, 11) is 0. The Morgan fingerprint density at radius 2 is 2.20 bits per heavy atom. The second-order valence-corrected chi connectivity index (χ2v) is 5.85. The van der Waals surface area contributed by atoms with Gasteiger partial charge in [0, 0.05) is 4.88 Å². The largest absolute Gasteiger partial charge is 0.444 e. The van der Waals surface area contributed by atoms with Gasteiger partial charge < -0.3 is 15.1 Å². The van der Waals surface area contributed by atoms with Gasteiger partial charge in [-0.15, -0.1) is 11.3 Å². The maximum atomic E-state index is 11.7. The second kappa shape index (κ2) is 6.71. The van der Waals surface area contributed by atoms with Gasteiger partial charge in [-0.3, -0.25) is 9.59 Å². The van der Waals surface area contributed by atoms with Gasteiger partial charge in [0.05, 0.1) is 12.6 Å². The SMILES string of the molecule is C[C@@H](NC(=O)CNC(=O)c1ccc(Br)o1)c1cccs1. The van der Waals surface area contributed by atoms with Crippen molar-refractivity contribution in [3.8, 4) is 0 Å². The molecule has 1 atom stereocenters. The third kappa shape index (κ3) is 3.94. The number of carbonyl (C=O) groups excluding carboxylic acids is 2. The number of amides is 2. The van der Waals surface area contributed by atoms with Gasteiger partial charge in [-0.1, -0.05) is 6.07 Å². The summed E-state index contributed by atoms with van der Waals surface area (Å²) in [5.41, 5.74) is 0. The molecule has 0 fully saturated rings. The molecule has 0 aliphatic carbocycles. The predicted molar refractivity (Wildman–Crippen MR) is 79.6 cm³/mol. The van der Waals surface area contributed by atoms with Gasteiger partial charge in [0.1, 0.15) is 0 Å². The molecular weight excluding hydrogens is 344 g/mol. The summed E-state index contributed by atoms with van der Waals surface area (Å²) in [6, 6.07) is 6.96. The van der Waals surface area contributed by atoms with E-state index in [9.17, 15) is 9.59 Å². The summed E-state index contributed by atoms with van der Waals surface area (Å²) < 4.78 is 5.56. The van der Waals surface area contributed by atoms with E-state index < -0.39 is 5.91 Å². The van der Waals surface area contributed by atoms with Crippen molar-refractivity contribution in [2.24, 2.45) is 0 Å². The first kappa shape index (κ1) is 14.8. The van der Waals surface area contributed by atoms with Crippen molar-refractivity contribution < 1.29 is 14.0 Å². The van der Waals surface area contributed by atoms with Crippen LogP contribution in [0.5, 0.6) is 0 Å². The van der Waals surface area contributed by atoms with E-state index in [4.69, 9.17) is 4.42 Å². The Balaban J connectivity index is 1.79. The zero-order valence-corrected chi connectivity index (χ0v) is 13.1. The van der Waals surface area contributed by atoms with Crippen LogP contribution in [0.2, 0.25) is 0 Å². The van der Waals surface area contributed by atoms with E-state index in [1.807, 2.05) is 24.4 Å². The quantitative estimate of drug-likeness (QED) is 0.864. The van der Waals surface area contributed by atoms with E-state index in [2.05, 4.69) is 26.6 Å². The molecule has 0 saturated carbocycles. The Bertz CT molecular complexity index is 595. The average Bonchev–Trinajstić information content (AvgIpc) is 3.06. The second-order valence-electron chi connectivity index (χ2n) is 4.09. The van der Waals surface area contributed by atoms with Crippen LogP contribution < -0.4 is 10.6 Å². The van der Waals surface area contributed by atoms with Crippen molar-refractivity contribution >= 4 is 39.1 Å². The van der Waals surface area contributed by atoms with Crippen molar-refractivity contribution in [3.05, 3.63) is 45.0 Å². The lowest BCUT2D eigenvalue weighted by Gasteiger charge is -2.12. The molecule has 0 saturated heterocycles. The number of thiophene rings is 1. The summed E-state index contributed by atoms with van der Waals surface area (Å²) >= 11 is 4.69. The average molecular weight is 357 g/mol. The number of rotatable bonds is 5. The van der Waals surface area contributed by atoms with Gasteiger partial charge in [-0.2, -0.15) is 0 Å². The van der Waals surface area contributed by atoms with Crippen molar-refractivity contribution in [2.75, 3.05) is 6.54 Å². The highest BCUT2D eigenvalue weighted by atomic mass is 79.9. The molecule has 0 aliphatic rings. The molecule has 2 heterocycles. The fourth-order valence-corrected chi connectivity index (χ4v) is 2.63. The molecule has 7 heteroatoms. The van der Waals surface area contributed by atoms with Crippen LogP contribution in [0, 0.1) is 0 Å². The molecule has 106 valence electrons. The molecule has 2 amide bonds. The molecule has 0 aliphatic heterocycles. The van der Waals surface area contributed by atoms with Gasteiger partial charge in [-0.05, 0) is 46.4 Å². The number of furan rings is 1. The van der Waals surface area contributed by atoms with Crippen molar-refractivity contribution in [2.45, 2.75) is 13.0 Å². The third-order valence-corrected chi connectivity index (χ3v) is 4.04. The molecule has 0 radical (unpaired) electrons. The van der Waals surface area contributed by atoms with Crippen molar-refractivity contribution in [3.63, 3.8) is 0 Å². The zero-order chi connectivity index (χ0) is 14.5. The monoisotopic (exact) mass is 356 g/mol. The maximum absolute atomic E-state index is 11.7. The van der Waals surface area contributed by atoms with E-state index in [1.54, 1.807) is 17.4 Å². The Hall–Kier alpha value is -1.60. The van der Waals surface area contributed by atoms with Crippen LogP contribution in [-0.4, -0.2) is 18.4 Å². The Kier molecular flexibility index (Phi) is 4.97. The third-order valence-electron chi connectivity index (χ3n) is 2.55. The normalized spacial score (nSPS) is 11.9. The molecule has 0 bridgehead atoms. The Morgan fingerprint density at radius 1 is 1.40 bits per heavy atom. The maximum Gasteiger partial charge on any atom is 0.287 e. The minimum atomic E-state index is -0.422. The number of nitrogens with one attached hydrogen (secondary N) is 2. The summed E-state index contributed by atoms with van der Waals surface area (Å²) in [6.07, 6.45) is 0. The number of carbonyl (C=O) groups is 2. The smallest absolute Gasteiger partial charge is 0.287 e.